The summed E-state index contributed by atoms with van der Waals surface area (Å²) in [5.74, 6) is -0.712. The largest absolute Gasteiger partial charge is 0.481 e. The predicted molar refractivity (Wildman–Crippen MR) is 116 cm³/mol. The van der Waals surface area contributed by atoms with Crippen molar-refractivity contribution in [3.05, 3.63) is 71.8 Å². The van der Waals surface area contributed by atoms with Crippen molar-refractivity contribution in [3.63, 3.8) is 0 Å². The Labute approximate surface area is 174 Å². The number of nitrogens with zero attached hydrogens (tertiary/aromatic N) is 1. The summed E-state index contributed by atoms with van der Waals surface area (Å²) in [4.78, 5) is 13.5. The van der Waals surface area contributed by atoms with E-state index in [-0.39, 0.29) is 12.5 Å². The van der Waals surface area contributed by atoms with E-state index in [1.807, 2.05) is 0 Å². The van der Waals surface area contributed by atoms with Crippen LogP contribution in [0.1, 0.15) is 43.4 Å². The Bertz CT molecular complexity index is 738. The molecular formula is C24H34N3O2+. The number of carboxylic acid groups (broad SMARTS) is 1. The van der Waals surface area contributed by atoms with Crippen molar-refractivity contribution in [2.24, 2.45) is 0 Å². The van der Waals surface area contributed by atoms with Gasteiger partial charge in [0.15, 0.2) is 6.17 Å². The fraction of sp³-hybridized carbons (Fsp3) is 0.458. The van der Waals surface area contributed by atoms with Gasteiger partial charge in [-0.05, 0) is 24.0 Å². The van der Waals surface area contributed by atoms with Gasteiger partial charge in [-0.15, -0.1) is 0 Å². The third kappa shape index (κ3) is 6.39. The van der Waals surface area contributed by atoms with Gasteiger partial charge in [-0.2, -0.15) is 0 Å². The Morgan fingerprint density at radius 3 is 2.48 bits per heavy atom. The molecule has 156 valence electrons. The molecular weight excluding hydrogens is 362 g/mol. The number of benzene rings is 2. The molecule has 0 radical (unpaired) electrons. The number of hydrogen-bond acceptors (Lipinski definition) is 3. The number of piperazine rings is 1. The van der Waals surface area contributed by atoms with E-state index in [2.05, 4.69) is 83.1 Å². The van der Waals surface area contributed by atoms with Crippen LogP contribution >= 0.6 is 0 Å². The number of nitrogens with two attached hydrogens (primary N) is 1. The highest BCUT2D eigenvalue weighted by molar-refractivity contribution is 5.66. The van der Waals surface area contributed by atoms with Crippen LogP contribution in [0.4, 0.5) is 0 Å². The van der Waals surface area contributed by atoms with Crippen LogP contribution in [0.3, 0.4) is 0 Å². The van der Waals surface area contributed by atoms with Gasteiger partial charge in [-0.3, -0.25) is 15.0 Å². The van der Waals surface area contributed by atoms with Gasteiger partial charge >= 0.3 is 5.97 Å². The minimum Gasteiger partial charge on any atom is -0.481 e. The lowest BCUT2D eigenvalue weighted by molar-refractivity contribution is -0.714. The fourth-order valence-corrected chi connectivity index (χ4v) is 4.32. The van der Waals surface area contributed by atoms with Crippen molar-refractivity contribution in [2.75, 3.05) is 19.6 Å². The van der Waals surface area contributed by atoms with Gasteiger partial charge in [0.05, 0.1) is 12.6 Å². The summed E-state index contributed by atoms with van der Waals surface area (Å²) in [6.45, 7) is 4.99. The van der Waals surface area contributed by atoms with Gasteiger partial charge in [0.2, 0.25) is 0 Å². The first-order chi connectivity index (χ1) is 14.2. The molecule has 3 atom stereocenters. The SMILES string of the molecule is CCC1NC(c2ccccc2)CN(CCCC(=O)O)C1[NH2+]CCc1ccccc1. The number of aliphatic carboxylic acids is 1. The van der Waals surface area contributed by atoms with Crippen LogP contribution in [0, 0.1) is 0 Å². The molecule has 0 aromatic heterocycles. The average Bonchev–Trinajstić information content (AvgIpc) is 2.75. The summed E-state index contributed by atoms with van der Waals surface area (Å²) in [5, 5.41) is 15.4. The molecule has 3 unspecified atom stereocenters. The zero-order valence-electron chi connectivity index (χ0n) is 17.3. The molecule has 1 aliphatic heterocycles. The molecule has 5 nitrogen and oxygen atoms in total. The van der Waals surface area contributed by atoms with Crippen LogP contribution in [-0.4, -0.2) is 47.8 Å². The summed E-state index contributed by atoms with van der Waals surface area (Å²) in [6, 6.07) is 21.8. The fourth-order valence-electron chi connectivity index (χ4n) is 4.32. The van der Waals surface area contributed by atoms with Crippen molar-refractivity contribution in [2.45, 2.75) is 50.9 Å². The van der Waals surface area contributed by atoms with E-state index in [4.69, 9.17) is 5.11 Å². The highest BCUT2D eigenvalue weighted by Gasteiger charge is 2.37. The maximum absolute atomic E-state index is 11.0. The lowest BCUT2D eigenvalue weighted by Gasteiger charge is -2.43. The standard InChI is InChI=1S/C24H33N3O2/c1-2-21-24(25-16-15-19-10-5-3-6-11-19)27(17-9-14-23(28)29)18-22(26-21)20-12-7-4-8-13-20/h3-8,10-13,21-22,24-26H,2,9,14-18H2,1H3,(H,28,29)/p+1. The normalized spacial score (nSPS) is 22.4. The highest BCUT2D eigenvalue weighted by Crippen LogP contribution is 2.22. The molecule has 2 aromatic rings. The number of carbonyl (C=O) groups is 1. The Balaban J connectivity index is 1.67. The van der Waals surface area contributed by atoms with Gasteiger partial charge in [0.25, 0.3) is 0 Å². The van der Waals surface area contributed by atoms with Gasteiger partial charge in [0, 0.05) is 32.0 Å². The topological polar surface area (TPSA) is 69.2 Å². The molecule has 1 saturated heterocycles. The molecule has 29 heavy (non-hydrogen) atoms. The maximum Gasteiger partial charge on any atom is 0.303 e. The summed E-state index contributed by atoms with van der Waals surface area (Å²) in [7, 11) is 0. The van der Waals surface area contributed by atoms with E-state index in [1.165, 1.54) is 11.1 Å². The molecule has 1 fully saturated rings. The van der Waals surface area contributed by atoms with Crippen LogP contribution in [0.2, 0.25) is 0 Å². The molecule has 2 aromatic carbocycles. The molecule has 0 saturated carbocycles. The van der Waals surface area contributed by atoms with Crippen molar-refractivity contribution in [3.8, 4) is 0 Å². The summed E-state index contributed by atoms with van der Waals surface area (Å²) in [6.07, 6.45) is 3.34. The zero-order valence-corrected chi connectivity index (χ0v) is 17.3. The first kappa shape index (κ1) is 21.5. The van der Waals surface area contributed by atoms with Gasteiger partial charge < -0.3 is 10.4 Å². The number of nitrogens with one attached hydrogen (secondary N) is 1. The molecule has 0 spiro atoms. The lowest BCUT2D eigenvalue weighted by atomic mass is 9.97. The van der Waals surface area contributed by atoms with Crippen molar-refractivity contribution in [1.29, 1.82) is 0 Å². The number of carboxylic acids is 1. The van der Waals surface area contributed by atoms with Crippen LogP contribution in [-0.2, 0) is 11.2 Å². The predicted octanol–water partition coefficient (Wildman–Crippen LogP) is 2.41. The smallest absolute Gasteiger partial charge is 0.303 e. The Hall–Kier alpha value is -2.21. The summed E-state index contributed by atoms with van der Waals surface area (Å²) in [5.41, 5.74) is 2.66. The minimum absolute atomic E-state index is 0.230. The Kier molecular flexibility index (Phi) is 8.23. The third-order valence-corrected chi connectivity index (χ3v) is 5.83. The van der Waals surface area contributed by atoms with Crippen molar-refractivity contribution < 1.29 is 15.2 Å². The number of hydrogen-bond donors (Lipinski definition) is 3. The second-order valence-corrected chi connectivity index (χ2v) is 7.89. The van der Waals surface area contributed by atoms with E-state index in [9.17, 15) is 4.79 Å². The third-order valence-electron chi connectivity index (χ3n) is 5.83. The molecule has 0 bridgehead atoms. The van der Waals surface area contributed by atoms with Crippen molar-refractivity contribution >= 4 is 5.97 Å². The van der Waals surface area contributed by atoms with E-state index >= 15 is 0 Å². The molecule has 4 N–H and O–H groups in total. The second-order valence-electron chi connectivity index (χ2n) is 7.89. The first-order valence-corrected chi connectivity index (χ1v) is 10.8. The Morgan fingerprint density at radius 1 is 1.14 bits per heavy atom. The van der Waals surface area contributed by atoms with Gasteiger partial charge in [-0.25, -0.2) is 0 Å². The quantitative estimate of drug-likeness (QED) is 0.577. The van der Waals surface area contributed by atoms with Crippen LogP contribution < -0.4 is 10.6 Å². The van der Waals surface area contributed by atoms with E-state index in [1.54, 1.807) is 0 Å². The molecule has 1 aliphatic rings. The van der Waals surface area contributed by atoms with Gasteiger partial charge in [-0.1, -0.05) is 67.6 Å². The summed E-state index contributed by atoms with van der Waals surface area (Å²) < 4.78 is 0. The molecule has 5 heteroatoms. The highest BCUT2D eigenvalue weighted by atomic mass is 16.4. The van der Waals surface area contributed by atoms with Crippen LogP contribution in [0.15, 0.2) is 60.7 Å². The average molecular weight is 397 g/mol. The molecule has 3 rings (SSSR count). The zero-order chi connectivity index (χ0) is 20.5. The second kappa shape index (κ2) is 11.1. The Morgan fingerprint density at radius 2 is 1.83 bits per heavy atom. The summed E-state index contributed by atoms with van der Waals surface area (Å²) >= 11 is 0. The van der Waals surface area contributed by atoms with E-state index in [0.29, 0.717) is 18.6 Å². The monoisotopic (exact) mass is 396 g/mol. The van der Waals surface area contributed by atoms with Gasteiger partial charge in [0.1, 0.15) is 0 Å². The molecule has 1 heterocycles. The van der Waals surface area contributed by atoms with E-state index < -0.39 is 5.97 Å². The number of rotatable bonds is 10. The minimum atomic E-state index is -0.712. The van der Waals surface area contributed by atoms with Crippen LogP contribution in [0.25, 0.3) is 0 Å². The maximum atomic E-state index is 11.0. The number of quaternary nitrogens is 1. The molecule has 0 aliphatic carbocycles. The van der Waals surface area contributed by atoms with Crippen molar-refractivity contribution in [1.82, 2.24) is 10.2 Å². The molecule has 0 amide bonds. The van der Waals surface area contributed by atoms with Crippen LogP contribution in [0.5, 0.6) is 0 Å². The lowest BCUT2D eigenvalue weighted by Crippen LogP contribution is -2.98. The first-order valence-electron chi connectivity index (χ1n) is 10.8. The van der Waals surface area contributed by atoms with E-state index in [0.717, 1.165) is 32.5 Å².